The highest BCUT2D eigenvalue weighted by molar-refractivity contribution is 5.91. The lowest BCUT2D eigenvalue weighted by molar-refractivity contribution is 0.0821. The number of carbonyl (C=O) groups is 1. The highest BCUT2D eigenvalue weighted by Gasteiger charge is 2.18. The minimum Gasteiger partial charge on any atom is -0.355 e. The molecule has 1 fully saturated rings. The lowest BCUT2D eigenvalue weighted by atomic mass is 9.99. The smallest absolute Gasteiger partial charge is 0.273 e. The third kappa shape index (κ3) is 4.14. The van der Waals surface area contributed by atoms with E-state index in [1.807, 2.05) is 6.07 Å². The summed E-state index contributed by atoms with van der Waals surface area (Å²) in [5.74, 6) is 1.38. The fraction of sp³-hybridized carbons (Fsp3) is 0.667. The van der Waals surface area contributed by atoms with Gasteiger partial charge in [-0.15, -0.1) is 10.2 Å². The van der Waals surface area contributed by atoms with E-state index in [2.05, 4.69) is 27.3 Å². The Bertz CT molecular complexity index is 454. The Balaban J connectivity index is 2.02. The Morgan fingerprint density at radius 3 is 2.71 bits per heavy atom. The van der Waals surface area contributed by atoms with E-state index in [1.165, 1.54) is 17.7 Å². The first kappa shape index (κ1) is 15.7. The minimum absolute atomic E-state index is 0.117. The Morgan fingerprint density at radius 2 is 2.19 bits per heavy atom. The highest BCUT2D eigenvalue weighted by atomic mass is 16.2. The number of rotatable bonds is 5. The molecule has 2 rings (SSSR count). The number of piperidine rings is 1. The first-order chi connectivity index (χ1) is 10.1. The number of carbonyl (C=O) groups excluding carboxylic acids is 1. The van der Waals surface area contributed by atoms with Crippen molar-refractivity contribution in [1.29, 1.82) is 0 Å². The Morgan fingerprint density at radius 1 is 1.38 bits per heavy atom. The average molecular weight is 291 g/mol. The summed E-state index contributed by atoms with van der Waals surface area (Å²) in [5.41, 5.74) is 0.388. The van der Waals surface area contributed by atoms with Crippen LogP contribution in [-0.2, 0) is 0 Å². The monoisotopic (exact) mass is 291 g/mol. The summed E-state index contributed by atoms with van der Waals surface area (Å²) in [7, 11) is 3.43. The first-order valence-corrected chi connectivity index (χ1v) is 7.63. The molecule has 1 aromatic rings. The van der Waals surface area contributed by atoms with Crippen molar-refractivity contribution in [2.75, 3.05) is 45.2 Å². The molecule has 0 saturated carbocycles. The number of hydrogen-bond acceptors (Lipinski definition) is 5. The molecule has 6 heteroatoms. The lowest BCUT2D eigenvalue weighted by Gasteiger charge is -2.29. The Hall–Kier alpha value is -1.69. The van der Waals surface area contributed by atoms with Gasteiger partial charge in [-0.1, -0.05) is 0 Å². The molecule has 0 spiro atoms. The van der Waals surface area contributed by atoms with Crippen LogP contribution in [0.15, 0.2) is 12.1 Å². The standard InChI is InChI=1S/C15H25N5O/c1-4-20(11-12-6-5-9-16-10-12)14-8-7-13(17-18-14)15(21)19(2)3/h7-8,12,16H,4-6,9-11H2,1-3H3. The third-order valence-electron chi connectivity index (χ3n) is 3.86. The zero-order chi connectivity index (χ0) is 15.2. The molecule has 0 aliphatic carbocycles. The summed E-state index contributed by atoms with van der Waals surface area (Å²) in [6, 6.07) is 3.65. The zero-order valence-electron chi connectivity index (χ0n) is 13.2. The van der Waals surface area contributed by atoms with Gasteiger partial charge in [0.25, 0.3) is 5.91 Å². The maximum Gasteiger partial charge on any atom is 0.273 e. The van der Waals surface area contributed by atoms with E-state index >= 15 is 0 Å². The SMILES string of the molecule is CCN(CC1CCCNC1)c1ccc(C(=O)N(C)C)nn1. The van der Waals surface area contributed by atoms with Crippen LogP contribution in [0.25, 0.3) is 0 Å². The van der Waals surface area contributed by atoms with Gasteiger partial charge in [-0.2, -0.15) is 0 Å². The molecule has 116 valence electrons. The maximum absolute atomic E-state index is 11.8. The fourth-order valence-electron chi connectivity index (χ4n) is 2.61. The molecule has 2 heterocycles. The van der Waals surface area contributed by atoms with Crippen LogP contribution in [0.1, 0.15) is 30.3 Å². The molecule has 1 atom stereocenters. The van der Waals surface area contributed by atoms with E-state index in [4.69, 9.17) is 0 Å². The summed E-state index contributed by atoms with van der Waals surface area (Å²) in [5, 5.41) is 11.7. The predicted molar refractivity (Wildman–Crippen MR) is 83.5 cm³/mol. The van der Waals surface area contributed by atoms with Gasteiger partial charge in [0.1, 0.15) is 0 Å². The van der Waals surface area contributed by atoms with E-state index < -0.39 is 0 Å². The number of aromatic nitrogens is 2. The van der Waals surface area contributed by atoms with Crippen molar-refractivity contribution in [1.82, 2.24) is 20.4 Å². The van der Waals surface area contributed by atoms with E-state index in [0.29, 0.717) is 11.6 Å². The van der Waals surface area contributed by atoms with Crippen LogP contribution in [0.5, 0.6) is 0 Å². The van der Waals surface area contributed by atoms with Gasteiger partial charge in [-0.05, 0) is 50.9 Å². The second kappa shape index (κ2) is 7.36. The van der Waals surface area contributed by atoms with Crippen LogP contribution < -0.4 is 10.2 Å². The molecule has 21 heavy (non-hydrogen) atoms. The second-order valence-corrected chi connectivity index (χ2v) is 5.73. The van der Waals surface area contributed by atoms with Gasteiger partial charge in [0.2, 0.25) is 0 Å². The molecular formula is C15H25N5O. The molecule has 0 bridgehead atoms. The van der Waals surface area contributed by atoms with E-state index in [0.717, 1.165) is 32.0 Å². The highest BCUT2D eigenvalue weighted by Crippen LogP contribution is 2.16. The largest absolute Gasteiger partial charge is 0.355 e. The van der Waals surface area contributed by atoms with E-state index in [9.17, 15) is 4.79 Å². The second-order valence-electron chi connectivity index (χ2n) is 5.73. The van der Waals surface area contributed by atoms with Gasteiger partial charge < -0.3 is 15.1 Å². The van der Waals surface area contributed by atoms with E-state index in [-0.39, 0.29) is 5.91 Å². The number of anilines is 1. The quantitative estimate of drug-likeness (QED) is 0.877. The van der Waals surface area contributed by atoms with Crippen LogP contribution >= 0.6 is 0 Å². The van der Waals surface area contributed by atoms with Crippen molar-refractivity contribution in [3.63, 3.8) is 0 Å². The third-order valence-corrected chi connectivity index (χ3v) is 3.86. The molecule has 1 N–H and O–H groups in total. The fourth-order valence-corrected chi connectivity index (χ4v) is 2.61. The van der Waals surface area contributed by atoms with Crippen molar-refractivity contribution in [3.05, 3.63) is 17.8 Å². The minimum atomic E-state index is -0.117. The molecule has 0 radical (unpaired) electrons. The van der Waals surface area contributed by atoms with Crippen LogP contribution in [0.3, 0.4) is 0 Å². The topological polar surface area (TPSA) is 61.4 Å². The molecule has 1 saturated heterocycles. The molecular weight excluding hydrogens is 266 g/mol. The number of amides is 1. The van der Waals surface area contributed by atoms with Gasteiger partial charge in [0, 0.05) is 27.2 Å². The van der Waals surface area contributed by atoms with Crippen molar-refractivity contribution in [3.8, 4) is 0 Å². The Labute approximate surface area is 126 Å². The summed E-state index contributed by atoms with van der Waals surface area (Å²) in [4.78, 5) is 15.6. The summed E-state index contributed by atoms with van der Waals surface area (Å²) >= 11 is 0. The van der Waals surface area contributed by atoms with Gasteiger partial charge in [0.15, 0.2) is 11.5 Å². The maximum atomic E-state index is 11.8. The summed E-state index contributed by atoms with van der Waals surface area (Å²) in [6.07, 6.45) is 2.50. The molecule has 1 aliphatic rings. The summed E-state index contributed by atoms with van der Waals surface area (Å²) in [6.45, 7) is 6.20. The van der Waals surface area contributed by atoms with Crippen molar-refractivity contribution in [2.45, 2.75) is 19.8 Å². The predicted octanol–water partition coefficient (Wildman–Crippen LogP) is 1.00. The van der Waals surface area contributed by atoms with Crippen LogP contribution in [0, 0.1) is 5.92 Å². The van der Waals surface area contributed by atoms with Crippen molar-refractivity contribution >= 4 is 11.7 Å². The molecule has 1 amide bonds. The van der Waals surface area contributed by atoms with Crippen LogP contribution in [0.4, 0.5) is 5.82 Å². The van der Waals surface area contributed by atoms with Gasteiger partial charge in [0.05, 0.1) is 0 Å². The normalized spacial score (nSPS) is 18.3. The number of nitrogens with one attached hydrogen (secondary N) is 1. The Kier molecular flexibility index (Phi) is 5.50. The van der Waals surface area contributed by atoms with Crippen molar-refractivity contribution in [2.24, 2.45) is 5.92 Å². The molecule has 1 aromatic heterocycles. The molecule has 6 nitrogen and oxygen atoms in total. The van der Waals surface area contributed by atoms with Gasteiger partial charge >= 0.3 is 0 Å². The van der Waals surface area contributed by atoms with Crippen LogP contribution in [0.2, 0.25) is 0 Å². The zero-order valence-corrected chi connectivity index (χ0v) is 13.2. The average Bonchev–Trinajstić information content (AvgIpc) is 2.53. The molecule has 0 aromatic carbocycles. The number of hydrogen-bond donors (Lipinski definition) is 1. The van der Waals surface area contributed by atoms with Crippen LogP contribution in [-0.4, -0.2) is 61.3 Å². The van der Waals surface area contributed by atoms with Gasteiger partial charge in [-0.3, -0.25) is 4.79 Å². The molecule has 1 aliphatic heterocycles. The molecule has 1 unspecified atom stereocenters. The number of nitrogens with zero attached hydrogens (tertiary/aromatic N) is 4. The van der Waals surface area contributed by atoms with Crippen molar-refractivity contribution < 1.29 is 4.79 Å². The van der Waals surface area contributed by atoms with E-state index in [1.54, 1.807) is 20.2 Å². The lowest BCUT2D eigenvalue weighted by Crippen LogP contribution is -2.38. The first-order valence-electron chi connectivity index (χ1n) is 7.63. The van der Waals surface area contributed by atoms with Gasteiger partial charge in [-0.25, -0.2) is 0 Å². The summed E-state index contributed by atoms with van der Waals surface area (Å²) < 4.78 is 0.